The molecule has 2 rings (SSSR count). The number of aryl methyl sites for hydroxylation is 2. The molecule has 0 bridgehead atoms. The molecule has 96 valence electrons. The molecule has 0 fully saturated rings. The largest absolute Gasteiger partial charge is 0.420 e. The lowest BCUT2D eigenvalue weighted by molar-refractivity contribution is 0.513. The van der Waals surface area contributed by atoms with Gasteiger partial charge in [-0.1, -0.05) is 13.8 Å². The Bertz CT molecular complexity index is 659. The molecular weight excluding hydrogens is 251 g/mol. The first-order valence-electron chi connectivity index (χ1n) is 5.80. The first-order chi connectivity index (χ1) is 8.40. The van der Waals surface area contributed by atoms with E-state index >= 15 is 0 Å². The fourth-order valence-corrected chi connectivity index (χ4v) is 2.81. The quantitative estimate of drug-likeness (QED) is 0.607. The van der Waals surface area contributed by atoms with Crippen LogP contribution in [0, 0.1) is 19.7 Å². The van der Waals surface area contributed by atoms with Crippen molar-refractivity contribution in [2.75, 3.05) is 0 Å². The van der Waals surface area contributed by atoms with E-state index in [9.17, 15) is 9.18 Å². The zero-order valence-corrected chi connectivity index (χ0v) is 11.7. The standard InChI is InChI=1S/C14H15FO2S/c1-7(2)18-14-9(4)5-10-8(3)6-11(16)17-13(10)12(14)15/h5-7H,1-4H3. The van der Waals surface area contributed by atoms with E-state index in [1.54, 1.807) is 6.92 Å². The summed E-state index contributed by atoms with van der Waals surface area (Å²) in [5.41, 5.74) is 1.16. The third kappa shape index (κ3) is 2.29. The maximum absolute atomic E-state index is 14.4. The van der Waals surface area contributed by atoms with Gasteiger partial charge in [0.25, 0.3) is 0 Å². The van der Waals surface area contributed by atoms with E-state index in [1.165, 1.54) is 17.8 Å². The number of benzene rings is 1. The Morgan fingerprint density at radius 3 is 2.50 bits per heavy atom. The van der Waals surface area contributed by atoms with Crippen molar-refractivity contribution in [1.82, 2.24) is 0 Å². The molecular formula is C14H15FO2S. The normalized spacial score (nSPS) is 11.4. The van der Waals surface area contributed by atoms with Crippen LogP contribution in [0.25, 0.3) is 11.0 Å². The molecule has 1 aromatic carbocycles. The van der Waals surface area contributed by atoms with E-state index in [4.69, 9.17) is 4.42 Å². The monoisotopic (exact) mass is 266 g/mol. The number of fused-ring (bicyclic) bond motifs is 1. The molecule has 18 heavy (non-hydrogen) atoms. The molecule has 0 saturated carbocycles. The van der Waals surface area contributed by atoms with Gasteiger partial charge in [0.05, 0.1) is 4.90 Å². The molecule has 0 aliphatic heterocycles. The highest BCUT2D eigenvalue weighted by atomic mass is 32.2. The Balaban J connectivity index is 2.80. The van der Waals surface area contributed by atoms with Gasteiger partial charge >= 0.3 is 5.63 Å². The number of hydrogen-bond acceptors (Lipinski definition) is 3. The highest BCUT2D eigenvalue weighted by Gasteiger charge is 2.16. The second kappa shape index (κ2) is 4.76. The Labute approximate surface area is 109 Å². The summed E-state index contributed by atoms with van der Waals surface area (Å²) in [4.78, 5) is 11.9. The maximum atomic E-state index is 14.4. The van der Waals surface area contributed by atoms with E-state index in [1.807, 2.05) is 26.8 Å². The van der Waals surface area contributed by atoms with Crippen LogP contribution in [0.5, 0.6) is 0 Å². The summed E-state index contributed by atoms with van der Waals surface area (Å²) < 4.78 is 19.4. The average molecular weight is 266 g/mol. The van der Waals surface area contributed by atoms with E-state index in [2.05, 4.69) is 0 Å². The van der Waals surface area contributed by atoms with E-state index in [0.717, 1.165) is 11.1 Å². The van der Waals surface area contributed by atoms with Crippen LogP contribution in [0.2, 0.25) is 0 Å². The summed E-state index contributed by atoms with van der Waals surface area (Å²) >= 11 is 1.44. The molecule has 2 aromatic rings. The van der Waals surface area contributed by atoms with Gasteiger partial charge in [-0.3, -0.25) is 0 Å². The predicted octanol–water partition coefficient (Wildman–Crippen LogP) is 4.05. The average Bonchev–Trinajstić information content (AvgIpc) is 2.26. The van der Waals surface area contributed by atoms with E-state index in [0.29, 0.717) is 10.3 Å². The second-order valence-corrected chi connectivity index (χ2v) is 6.22. The first kappa shape index (κ1) is 13.1. The first-order valence-corrected chi connectivity index (χ1v) is 6.68. The molecule has 1 aromatic heterocycles. The Morgan fingerprint density at radius 2 is 1.89 bits per heavy atom. The van der Waals surface area contributed by atoms with E-state index < -0.39 is 11.4 Å². The molecule has 0 N–H and O–H groups in total. The third-order valence-corrected chi connectivity index (χ3v) is 3.89. The maximum Gasteiger partial charge on any atom is 0.336 e. The van der Waals surface area contributed by atoms with Gasteiger partial charge in [0.1, 0.15) is 0 Å². The number of halogens is 1. The molecule has 0 radical (unpaired) electrons. The summed E-state index contributed by atoms with van der Waals surface area (Å²) in [6.45, 7) is 7.66. The summed E-state index contributed by atoms with van der Waals surface area (Å²) in [6.07, 6.45) is 0. The minimum Gasteiger partial charge on any atom is -0.420 e. The highest BCUT2D eigenvalue weighted by molar-refractivity contribution is 8.00. The van der Waals surface area contributed by atoms with Crippen LogP contribution < -0.4 is 5.63 Å². The van der Waals surface area contributed by atoms with Crippen LogP contribution in [0.3, 0.4) is 0 Å². The van der Waals surface area contributed by atoms with Gasteiger partial charge in [-0.05, 0) is 31.0 Å². The Morgan fingerprint density at radius 1 is 1.22 bits per heavy atom. The van der Waals surface area contributed by atoms with Gasteiger partial charge in [0, 0.05) is 16.7 Å². The van der Waals surface area contributed by atoms with Crippen molar-refractivity contribution < 1.29 is 8.81 Å². The molecule has 0 saturated heterocycles. The van der Waals surface area contributed by atoms with Gasteiger partial charge < -0.3 is 4.42 Å². The SMILES string of the molecule is Cc1cc2c(C)cc(=O)oc2c(F)c1SC(C)C. The third-order valence-electron chi connectivity index (χ3n) is 2.68. The minimum atomic E-state index is -0.511. The van der Waals surface area contributed by atoms with Gasteiger partial charge in [0.15, 0.2) is 11.4 Å². The summed E-state index contributed by atoms with van der Waals surface area (Å²) in [7, 11) is 0. The number of hydrogen-bond donors (Lipinski definition) is 0. The lowest BCUT2D eigenvalue weighted by Crippen LogP contribution is -2.01. The lowest BCUT2D eigenvalue weighted by Gasteiger charge is -2.12. The molecule has 0 aliphatic carbocycles. The second-order valence-electron chi connectivity index (χ2n) is 4.63. The van der Waals surface area contributed by atoms with Crippen molar-refractivity contribution in [3.05, 3.63) is 39.5 Å². The van der Waals surface area contributed by atoms with Crippen molar-refractivity contribution in [2.45, 2.75) is 37.8 Å². The molecule has 4 heteroatoms. The van der Waals surface area contributed by atoms with Gasteiger partial charge in [-0.2, -0.15) is 0 Å². The zero-order valence-electron chi connectivity index (χ0n) is 10.8. The molecule has 0 spiro atoms. The number of rotatable bonds is 2. The van der Waals surface area contributed by atoms with E-state index in [-0.39, 0.29) is 10.8 Å². The van der Waals surface area contributed by atoms with Crippen LogP contribution in [-0.2, 0) is 0 Å². The highest BCUT2D eigenvalue weighted by Crippen LogP contribution is 2.34. The Hall–Kier alpha value is -1.29. The van der Waals surface area contributed by atoms with Crippen LogP contribution in [0.15, 0.2) is 26.2 Å². The van der Waals surface area contributed by atoms with Crippen LogP contribution >= 0.6 is 11.8 Å². The Kier molecular flexibility index (Phi) is 3.48. The van der Waals surface area contributed by atoms with Crippen molar-refractivity contribution >= 4 is 22.7 Å². The molecule has 0 aliphatic rings. The molecule has 0 amide bonds. The summed E-state index contributed by atoms with van der Waals surface area (Å²) in [5.74, 6) is -0.426. The smallest absolute Gasteiger partial charge is 0.336 e. The van der Waals surface area contributed by atoms with Crippen molar-refractivity contribution in [1.29, 1.82) is 0 Å². The molecule has 1 heterocycles. The molecule has 0 unspecified atom stereocenters. The lowest BCUT2D eigenvalue weighted by atomic mass is 10.1. The minimum absolute atomic E-state index is 0.0637. The topological polar surface area (TPSA) is 30.2 Å². The summed E-state index contributed by atoms with van der Waals surface area (Å²) in [5, 5.41) is 0.935. The van der Waals surface area contributed by atoms with Gasteiger partial charge in [-0.15, -0.1) is 11.8 Å². The number of thioether (sulfide) groups is 1. The van der Waals surface area contributed by atoms with Gasteiger partial charge in [-0.25, -0.2) is 9.18 Å². The van der Waals surface area contributed by atoms with Crippen LogP contribution in [-0.4, -0.2) is 5.25 Å². The zero-order chi connectivity index (χ0) is 13.4. The molecule has 2 nitrogen and oxygen atoms in total. The fraction of sp³-hybridized carbons (Fsp3) is 0.357. The van der Waals surface area contributed by atoms with Crippen LogP contribution in [0.4, 0.5) is 4.39 Å². The predicted molar refractivity (Wildman–Crippen MR) is 72.9 cm³/mol. The van der Waals surface area contributed by atoms with Gasteiger partial charge in [0.2, 0.25) is 0 Å². The molecule has 0 atom stereocenters. The summed E-state index contributed by atoms with van der Waals surface area (Å²) in [6, 6.07) is 3.26. The van der Waals surface area contributed by atoms with Crippen molar-refractivity contribution in [3.63, 3.8) is 0 Å². The fourth-order valence-electron chi connectivity index (χ4n) is 1.90. The van der Waals surface area contributed by atoms with Crippen LogP contribution in [0.1, 0.15) is 25.0 Å². The van der Waals surface area contributed by atoms with Crippen molar-refractivity contribution in [2.24, 2.45) is 0 Å². The van der Waals surface area contributed by atoms with Crippen molar-refractivity contribution in [3.8, 4) is 0 Å².